The van der Waals surface area contributed by atoms with E-state index < -0.39 is 11.8 Å². The number of ether oxygens (including phenoxy) is 1. The van der Waals surface area contributed by atoms with Crippen LogP contribution in [0.15, 0.2) is 48.5 Å². The molecule has 3 rings (SSSR count). The number of nitrogens with one attached hydrogen (secondary N) is 1. The number of esters is 1. The number of halogens is 1. The number of aromatic nitrogens is 4. The van der Waals surface area contributed by atoms with Crippen LogP contribution in [0.5, 0.6) is 0 Å². The van der Waals surface area contributed by atoms with Crippen LogP contribution in [0.25, 0.3) is 5.69 Å². The average molecular weight is 327 g/mol. The van der Waals surface area contributed by atoms with E-state index in [0.29, 0.717) is 18.1 Å². The highest BCUT2D eigenvalue weighted by atomic mass is 19.1. The zero-order chi connectivity index (χ0) is 16.9. The second kappa shape index (κ2) is 6.86. The number of carbonyl (C=O) groups is 1. The van der Waals surface area contributed by atoms with Crippen LogP contribution in [-0.2, 0) is 11.3 Å². The van der Waals surface area contributed by atoms with Crippen LogP contribution in [-0.4, -0.2) is 33.3 Å². The van der Waals surface area contributed by atoms with E-state index in [-0.39, 0.29) is 5.56 Å². The van der Waals surface area contributed by atoms with E-state index in [0.717, 1.165) is 5.69 Å². The van der Waals surface area contributed by atoms with Crippen molar-refractivity contribution in [3.63, 3.8) is 0 Å². The molecular weight excluding hydrogens is 313 g/mol. The van der Waals surface area contributed by atoms with Gasteiger partial charge in [0.1, 0.15) is 5.82 Å². The molecule has 0 saturated heterocycles. The molecule has 122 valence electrons. The van der Waals surface area contributed by atoms with Gasteiger partial charge >= 0.3 is 5.97 Å². The SMILES string of the molecule is COC(=O)c1ccc(NCc2nnnn2-c2ccccc2)cc1F. The maximum Gasteiger partial charge on any atom is 0.340 e. The number of benzene rings is 2. The zero-order valence-electron chi connectivity index (χ0n) is 12.8. The van der Waals surface area contributed by atoms with Crippen LogP contribution < -0.4 is 5.32 Å². The van der Waals surface area contributed by atoms with E-state index in [4.69, 9.17) is 0 Å². The lowest BCUT2D eigenvalue weighted by molar-refractivity contribution is 0.0595. The lowest BCUT2D eigenvalue weighted by atomic mass is 10.2. The molecule has 7 nitrogen and oxygen atoms in total. The van der Waals surface area contributed by atoms with Gasteiger partial charge in [-0.3, -0.25) is 0 Å². The highest BCUT2D eigenvalue weighted by Gasteiger charge is 2.13. The van der Waals surface area contributed by atoms with Crippen LogP contribution in [0.3, 0.4) is 0 Å². The molecule has 0 fully saturated rings. The molecule has 0 atom stereocenters. The Bertz CT molecular complexity index is 851. The van der Waals surface area contributed by atoms with E-state index in [1.54, 1.807) is 10.7 Å². The minimum Gasteiger partial charge on any atom is -0.465 e. The number of tetrazole rings is 1. The molecule has 1 aromatic heterocycles. The van der Waals surface area contributed by atoms with E-state index in [2.05, 4.69) is 25.6 Å². The van der Waals surface area contributed by atoms with Gasteiger partial charge in [-0.25, -0.2) is 9.18 Å². The summed E-state index contributed by atoms with van der Waals surface area (Å²) < 4.78 is 20.0. The summed E-state index contributed by atoms with van der Waals surface area (Å²) in [6.45, 7) is 0.291. The minimum absolute atomic E-state index is 0.114. The first-order valence-electron chi connectivity index (χ1n) is 7.13. The van der Waals surface area contributed by atoms with Gasteiger partial charge in [0, 0.05) is 5.69 Å². The molecule has 0 bridgehead atoms. The Morgan fingerprint density at radius 3 is 2.75 bits per heavy atom. The Balaban J connectivity index is 1.74. The maximum atomic E-state index is 13.9. The molecule has 2 aromatic carbocycles. The van der Waals surface area contributed by atoms with Crippen molar-refractivity contribution in [3.8, 4) is 5.69 Å². The van der Waals surface area contributed by atoms with Crippen molar-refractivity contribution in [2.45, 2.75) is 6.54 Å². The maximum absolute atomic E-state index is 13.9. The molecule has 0 aliphatic carbocycles. The lowest BCUT2D eigenvalue weighted by Gasteiger charge is -2.08. The van der Waals surface area contributed by atoms with Gasteiger partial charge in [0.25, 0.3) is 0 Å². The second-order valence-corrected chi connectivity index (χ2v) is 4.88. The van der Waals surface area contributed by atoms with Crippen LogP contribution >= 0.6 is 0 Å². The molecule has 1 N–H and O–H groups in total. The zero-order valence-corrected chi connectivity index (χ0v) is 12.8. The Kier molecular flexibility index (Phi) is 4.46. The predicted octanol–water partition coefficient (Wildman–Crippen LogP) is 2.20. The van der Waals surface area contributed by atoms with Crippen LogP contribution in [0.4, 0.5) is 10.1 Å². The number of nitrogens with zero attached hydrogens (tertiary/aromatic N) is 4. The molecule has 24 heavy (non-hydrogen) atoms. The molecule has 0 spiro atoms. The third-order valence-corrected chi connectivity index (χ3v) is 3.36. The summed E-state index contributed by atoms with van der Waals surface area (Å²) >= 11 is 0. The number of para-hydroxylation sites is 1. The van der Waals surface area contributed by atoms with Crippen LogP contribution in [0.1, 0.15) is 16.2 Å². The number of carbonyl (C=O) groups excluding carboxylic acids is 1. The topological polar surface area (TPSA) is 81.9 Å². The first-order chi connectivity index (χ1) is 11.7. The Labute approximate surface area is 137 Å². The summed E-state index contributed by atoms with van der Waals surface area (Å²) in [4.78, 5) is 11.4. The van der Waals surface area contributed by atoms with Crippen LogP contribution in [0, 0.1) is 5.82 Å². The number of hydrogen-bond acceptors (Lipinski definition) is 6. The molecule has 0 saturated carbocycles. The summed E-state index contributed by atoms with van der Waals surface area (Å²) in [7, 11) is 1.21. The standard InChI is InChI=1S/C16H14FN5O2/c1-24-16(23)13-8-7-11(9-14(13)17)18-10-15-19-20-21-22(15)12-5-3-2-4-6-12/h2-9,18H,10H2,1H3. The largest absolute Gasteiger partial charge is 0.465 e. The molecule has 0 radical (unpaired) electrons. The van der Waals surface area contributed by atoms with Gasteiger partial charge in [0.05, 0.1) is 24.9 Å². The third-order valence-electron chi connectivity index (χ3n) is 3.36. The van der Waals surface area contributed by atoms with E-state index in [9.17, 15) is 9.18 Å². The average Bonchev–Trinajstić information content (AvgIpc) is 3.09. The van der Waals surface area contributed by atoms with Crippen molar-refractivity contribution in [2.75, 3.05) is 12.4 Å². The van der Waals surface area contributed by atoms with Crippen LogP contribution in [0.2, 0.25) is 0 Å². The Hall–Kier alpha value is -3.29. The number of hydrogen-bond donors (Lipinski definition) is 1. The number of methoxy groups -OCH3 is 1. The van der Waals surface area contributed by atoms with Gasteiger partial charge in [-0.15, -0.1) is 5.10 Å². The van der Waals surface area contributed by atoms with Gasteiger partial charge in [0.2, 0.25) is 0 Å². The molecule has 0 unspecified atom stereocenters. The molecular formula is C16H14FN5O2. The first-order valence-corrected chi connectivity index (χ1v) is 7.13. The fourth-order valence-electron chi connectivity index (χ4n) is 2.17. The summed E-state index contributed by atoms with van der Waals surface area (Å²) in [5, 5.41) is 14.6. The Morgan fingerprint density at radius 2 is 2.04 bits per heavy atom. The quantitative estimate of drug-likeness (QED) is 0.724. The number of anilines is 1. The highest BCUT2D eigenvalue weighted by Crippen LogP contribution is 2.16. The van der Waals surface area contributed by atoms with E-state index >= 15 is 0 Å². The molecule has 8 heteroatoms. The predicted molar refractivity (Wildman–Crippen MR) is 84.2 cm³/mol. The van der Waals surface area contributed by atoms with Gasteiger partial charge in [0.15, 0.2) is 5.82 Å². The van der Waals surface area contributed by atoms with Crippen molar-refractivity contribution < 1.29 is 13.9 Å². The monoisotopic (exact) mass is 327 g/mol. The molecule has 0 aliphatic heterocycles. The summed E-state index contributed by atoms with van der Waals surface area (Å²) in [6, 6.07) is 13.6. The van der Waals surface area contributed by atoms with Crippen molar-refractivity contribution in [2.24, 2.45) is 0 Å². The van der Waals surface area contributed by atoms with E-state index in [1.165, 1.54) is 19.2 Å². The Morgan fingerprint density at radius 1 is 1.25 bits per heavy atom. The fourth-order valence-corrected chi connectivity index (χ4v) is 2.17. The molecule has 3 aromatic rings. The first kappa shape index (κ1) is 15.6. The molecule has 0 aliphatic rings. The van der Waals surface area contributed by atoms with Crippen molar-refractivity contribution in [1.82, 2.24) is 20.2 Å². The summed E-state index contributed by atoms with van der Waals surface area (Å²) in [6.07, 6.45) is 0. The summed E-state index contributed by atoms with van der Waals surface area (Å²) in [5.74, 6) is -0.805. The van der Waals surface area contributed by atoms with E-state index in [1.807, 2.05) is 30.3 Å². The normalized spacial score (nSPS) is 10.4. The number of rotatable bonds is 5. The fraction of sp³-hybridized carbons (Fsp3) is 0.125. The second-order valence-electron chi connectivity index (χ2n) is 4.88. The molecule has 1 heterocycles. The van der Waals surface area contributed by atoms with Crippen molar-refractivity contribution in [1.29, 1.82) is 0 Å². The van der Waals surface area contributed by atoms with Gasteiger partial charge in [-0.2, -0.15) is 4.68 Å². The molecule has 0 amide bonds. The van der Waals surface area contributed by atoms with Gasteiger partial charge in [-0.05, 0) is 40.8 Å². The van der Waals surface area contributed by atoms with Crippen molar-refractivity contribution in [3.05, 3.63) is 65.7 Å². The lowest BCUT2D eigenvalue weighted by Crippen LogP contribution is -2.09. The van der Waals surface area contributed by atoms with Gasteiger partial charge in [-0.1, -0.05) is 18.2 Å². The highest BCUT2D eigenvalue weighted by molar-refractivity contribution is 5.90. The van der Waals surface area contributed by atoms with Gasteiger partial charge < -0.3 is 10.1 Å². The smallest absolute Gasteiger partial charge is 0.340 e. The summed E-state index contributed by atoms with van der Waals surface area (Å²) in [5.41, 5.74) is 1.21. The third kappa shape index (κ3) is 3.22. The van der Waals surface area contributed by atoms with Crippen molar-refractivity contribution >= 4 is 11.7 Å². The minimum atomic E-state index is -0.716.